The zero-order valence-corrected chi connectivity index (χ0v) is 29.5. The van der Waals surface area contributed by atoms with Crippen molar-refractivity contribution in [1.29, 1.82) is 0 Å². The number of carbonyl (C=O) groups is 6. The maximum absolute atomic E-state index is 13.8. The molecule has 54 heavy (non-hydrogen) atoms. The third-order valence-corrected chi connectivity index (χ3v) is 9.68. The lowest BCUT2D eigenvalue weighted by Crippen LogP contribution is -2.50. The number of hydrogen-bond donors (Lipinski definition) is 9. The molecule has 9 N–H and O–H groups in total. The van der Waals surface area contributed by atoms with Gasteiger partial charge in [-0.2, -0.15) is 0 Å². The van der Waals surface area contributed by atoms with Crippen molar-refractivity contribution in [1.82, 2.24) is 9.88 Å². The number of aromatic nitrogens is 1. The van der Waals surface area contributed by atoms with E-state index in [1.807, 2.05) is 6.07 Å². The Bertz CT molecular complexity index is 1780. The van der Waals surface area contributed by atoms with E-state index in [0.717, 1.165) is 43.0 Å². The summed E-state index contributed by atoms with van der Waals surface area (Å²) in [6, 6.07) is 15.9. The maximum atomic E-state index is 13.8. The van der Waals surface area contributed by atoms with Gasteiger partial charge in [-0.15, -0.1) is 0 Å². The predicted octanol–water partition coefficient (Wildman–Crippen LogP) is 2.61. The topological polar surface area (TPSA) is 293 Å². The van der Waals surface area contributed by atoms with Crippen LogP contribution in [0.1, 0.15) is 68.2 Å². The smallest absolute Gasteiger partial charge is 0.336 e. The normalized spacial score (nSPS) is 19.4. The molecule has 1 spiro atoms. The SMILES string of the molecule is CN(C)C1(c2ccccc2)CCC2(CC1)OCCc1c2[nH]c2ccc(F)cc12.O=C(O)CC(O)(CC(=O)O)C(=O)O.O=C(O)CC(O)(CC(=O)O)C(=O)O. The second-order valence-corrected chi connectivity index (χ2v) is 13.5. The number of nitrogens with zero attached hydrogens (tertiary/aromatic N) is 1. The number of aliphatic carboxylic acids is 6. The molecule has 1 aromatic heterocycles. The third kappa shape index (κ3) is 9.95. The fourth-order valence-electron chi connectivity index (χ4n) is 6.92. The second-order valence-electron chi connectivity index (χ2n) is 13.5. The summed E-state index contributed by atoms with van der Waals surface area (Å²) in [7, 11) is 4.37. The first kappa shape index (κ1) is 43.0. The van der Waals surface area contributed by atoms with Gasteiger partial charge in [-0.05, 0) is 75.5 Å². The van der Waals surface area contributed by atoms with Crippen LogP contribution in [-0.4, -0.2) is 118 Å². The molecule has 5 rings (SSSR count). The van der Waals surface area contributed by atoms with E-state index in [1.54, 1.807) is 6.07 Å². The van der Waals surface area contributed by atoms with Gasteiger partial charge in [-0.25, -0.2) is 14.0 Å². The molecule has 18 heteroatoms. The minimum atomic E-state index is -2.74. The van der Waals surface area contributed by atoms with E-state index >= 15 is 0 Å². The molecule has 0 unspecified atom stereocenters. The Morgan fingerprint density at radius 2 is 1.20 bits per heavy atom. The number of benzene rings is 2. The summed E-state index contributed by atoms with van der Waals surface area (Å²) in [5, 5.41) is 68.6. The van der Waals surface area contributed by atoms with Crippen LogP contribution in [0.2, 0.25) is 0 Å². The lowest BCUT2D eigenvalue weighted by Gasteiger charge is -2.50. The average Bonchev–Trinajstić information content (AvgIpc) is 3.44. The Labute approximate surface area is 307 Å². The molecule has 1 saturated carbocycles. The molecule has 0 atom stereocenters. The van der Waals surface area contributed by atoms with Gasteiger partial charge in [-0.1, -0.05) is 30.3 Å². The van der Waals surface area contributed by atoms with Crippen molar-refractivity contribution in [3.63, 3.8) is 0 Å². The van der Waals surface area contributed by atoms with Crippen molar-refractivity contribution in [2.75, 3.05) is 20.7 Å². The van der Waals surface area contributed by atoms with E-state index < -0.39 is 72.7 Å². The highest BCUT2D eigenvalue weighted by Gasteiger charge is 2.49. The number of aliphatic hydroxyl groups is 2. The van der Waals surface area contributed by atoms with Gasteiger partial charge >= 0.3 is 35.8 Å². The molecular weight excluding hydrogens is 719 g/mol. The summed E-state index contributed by atoms with van der Waals surface area (Å²) in [6.45, 7) is 0.705. The highest BCUT2D eigenvalue weighted by molar-refractivity contribution is 5.89. The number of fused-ring (bicyclic) bond motifs is 4. The Morgan fingerprint density at radius 1 is 0.741 bits per heavy atom. The highest BCUT2D eigenvalue weighted by atomic mass is 19.1. The van der Waals surface area contributed by atoms with Gasteiger partial charge in [0.25, 0.3) is 0 Å². The number of nitrogens with one attached hydrogen (secondary N) is 1. The quantitative estimate of drug-likeness (QED) is 0.128. The lowest BCUT2D eigenvalue weighted by molar-refractivity contribution is -0.170. The van der Waals surface area contributed by atoms with Gasteiger partial charge in [-0.3, -0.25) is 24.1 Å². The molecule has 294 valence electrons. The number of aromatic amines is 1. The van der Waals surface area contributed by atoms with Crippen LogP contribution >= 0.6 is 0 Å². The number of halogens is 1. The second kappa shape index (κ2) is 17.1. The molecule has 0 saturated heterocycles. The monoisotopic (exact) mass is 762 g/mol. The zero-order chi connectivity index (χ0) is 40.6. The fraction of sp³-hybridized carbons (Fsp3) is 0.444. The molecule has 2 aliphatic rings. The zero-order valence-electron chi connectivity index (χ0n) is 29.5. The van der Waals surface area contributed by atoms with E-state index in [0.29, 0.717) is 6.61 Å². The summed E-state index contributed by atoms with van der Waals surface area (Å²) in [6.07, 6.45) is 0.260. The van der Waals surface area contributed by atoms with E-state index in [4.69, 9.17) is 45.6 Å². The van der Waals surface area contributed by atoms with Gasteiger partial charge < -0.3 is 50.6 Å². The molecule has 17 nitrogen and oxygen atoms in total. The number of ether oxygens (including phenoxy) is 1. The summed E-state index contributed by atoms with van der Waals surface area (Å²) >= 11 is 0. The largest absolute Gasteiger partial charge is 0.481 e. The summed E-state index contributed by atoms with van der Waals surface area (Å²) in [4.78, 5) is 66.9. The van der Waals surface area contributed by atoms with Crippen molar-refractivity contribution in [3.8, 4) is 0 Å². The van der Waals surface area contributed by atoms with Gasteiger partial charge in [0.1, 0.15) is 11.4 Å². The molecule has 1 fully saturated rings. The van der Waals surface area contributed by atoms with Crippen LogP contribution in [0.3, 0.4) is 0 Å². The van der Waals surface area contributed by atoms with Crippen molar-refractivity contribution < 1.29 is 78.7 Å². The fourth-order valence-corrected chi connectivity index (χ4v) is 6.92. The van der Waals surface area contributed by atoms with Crippen LogP contribution in [0.5, 0.6) is 0 Å². The molecule has 0 amide bonds. The van der Waals surface area contributed by atoms with Gasteiger partial charge in [0.05, 0.1) is 38.0 Å². The highest BCUT2D eigenvalue weighted by Crippen LogP contribution is 2.52. The third-order valence-electron chi connectivity index (χ3n) is 9.68. The van der Waals surface area contributed by atoms with E-state index in [-0.39, 0.29) is 17.0 Å². The van der Waals surface area contributed by atoms with Gasteiger partial charge in [0, 0.05) is 16.4 Å². The van der Waals surface area contributed by atoms with Crippen molar-refractivity contribution in [3.05, 3.63) is 71.2 Å². The first-order valence-corrected chi connectivity index (χ1v) is 16.6. The standard InChI is InChI=1S/C24H27FN2O.2C6H8O7/c1-27(2)23(17-6-4-3-5-7-17)11-13-24(14-12-23)22-19(10-15-28-24)20-16-18(25)8-9-21(20)26-22;2*7-3(8)1-6(13,5(11)12)2-4(9)10/h3-9,16,26H,10-15H2,1-2H3;2*13H,1-2H2,(H,7,8)(H,9,10)(H,11,12). The van der Waals surface area contributed by atoms with Crippen LogP contribution in [-0.2, 0) is 51.1 Å². The van der Waals surface area contributed by atoms with Crippen LogP contribution in [0, 0.1) is 5.82 Å². The number of carboxylic acid groups (broad SMARTS) is 6. The lowest BCUT2D eigenvalue weighted by atomic mass is 9.68. The maximum Gasteiger partial charge on any atom is 0.336 e. The molecule has 1 aliphatic carbocycles. The van der Waals surface area contributed by atoms with E-state index in [1.165, 1.54) is 22.9 Å². The number of rotatable bonds is 12. The predicted molar refractivity (Wildman–Crippen MR) is 184 cm³/mol. The van der Waals surface area contributed by atoms with Crippen LogP contribution in [0.4, 0.5) is 4.39 Å². The number of hydrogen-bond acceptors (Lipinski definition) is 10. The average molecular weight is 763 g/mol. The molecule has 1 aliphatic heterocycles. The van der Waals surface area contributed by atoms with Crippen LogP contribution in [0.15, 0.2) is 48.5 Å². The number of H-pyrrole nitrogens is 1. The summed E-state index contributed by atoms with van der Waals surface area (Å²) in [5.41, 5.74) is -0.899. The van der Waals surface area contributed by atoms with Crippen molar-refractivity contribution >= 4 is 46.7 Å². The number of carboxylic acids is 6. The minimum absolute atomic E-state index is 0.0333. The van der Waals surface area contributed by atoms with E-state index in [9.17, 15) is 33.2 Å². The minimum Gasteiger partial charge on any atom is -0.481 e. The van der Waals surface area contributed by atoms with Crippen LogP contribution < -0.4 is 0 Å². The molecular formula is C36H43FN2O15. The summed E-state index contributed by atoms with van der Waals surface area (Å²) in [5.74, 6) is -10.2. The van der Waals surface area contributed by atoms with E-state index in [2.05, 4.69) is 54.3 Å². The Hall–Kier alpha value is -5.43. The molecule has 2 heterocycles. The first-order chi connectivity index (χ1) is 25.1. The van der Waals surface area contributed by atoms with Crippen molar-refractivity contribution in [2.24, 2.45) is 0 Å². The van der Waals surface area contributed by atoms with Crippen molar-refractivity contribution in [2.45, 2.75) is 80.1 Å². The Kier molecular flexibility index (Phi) is 13.6. The Morgan fingerprint density at radius 3 is 1.61 bits per heavy atom. The molecule has 0 radical (unpaired) electrons. The van der Waals surface area contributed by atoms with Gasteiger partial charge in [0.15, 0.2) is 11.2 Å². The van der Waals surface area contributed by atoms with Gasteiger partial charge in [0.2, 0.25) is 0 Å². The Balaban J connectivity index is 0.000000254. The molecule has 3 aromatic rings. The first-order valence-electron chi connectivity index (χ1n) is 16.6. The molecule has 2 aromatic carbocycles. The summed E-state index contributed by atoms with van der Waals surface area (Å²) < 4.78 is 20.3. The molecule has 0 bridgehead atoms. The van der Waals surface area contributed by atoms with Crippen LogP contribution in [0.25, 0.3) is 10.9 Å².